The van der Waals surface area contributed by atoms with Crippen LogP contribution >= 0.6 is 0 Å². The average Bonchev–Trinajstić information content (AvgIpc) is 3.05. The predicted octanol–water partition coefficient (Wildman–Crippen LogP) is 1.46. The Bertz CT molecular complexity index is 406. The Morgan fingerprint density at radius 3 is 2.62 bits per heavy atom. The van der Waals surface area contributed by atoms with E-state index in [1.807, 2.05) is 0 Å². The molecule has 0 aromatic heterocycles. The fourth-order valence-corrected chi connectivity index (χ4v) is 3.90. The van der Waals surface area contributed by atoms with Crippen molar-refractivity contribution in [1.82, 2.24) is 15.5 Å². The molecule has 1 unspecified atom stereocenters. The maximum absolute atomic E-state index is 11.9. The van der Waals surface area contributed by atoms with Crippen LogP contribution in [0, 0.1) is 5.92 Å². The summed E-state index contributed by atoms with van der Waals surface area (Å²) in [4.78, 5) is 18.8. The molecule has 1 saturated carbocycles. The van der Waals surface area contributed by atoms with Crippen molar-refractivity contribution >= 4 is 11.9 Å². The zero-order valence-electron chi connectivity index (χ0n) is 15.2. The second-order valence-electron chi connectivity index (χ2n) is 7.14. The van der Waals surface area contributed by atoms with Gasteiger partial charge in [0.05, 0.1) is 6.54 Å². The van der Waals surface area contributed by atoms with Crippen LogP contribution in [-0.2, 0) is 4.79 Å². The van der Waals surface area contributed by atoms with E-state index in [4.69, 9.17) is 5.73 Å². The van der Waals surface area contributed by atoms with Crippen molar-refractivity contribution in [2.45, 2.75) is 64.3 Å². The van der Waals surface area contributed by atoms with E-state index in [0.29, 0.717) is 37.4 Å². The van der Waals surface area contributed by atoms with Gasteiger partial charge in [0.15, 0.2) is 5.96 Å². The molecule has 2 fully saturated rings. The maximum atomic E-state index is 11.9. The zero-order chi connectivity index (χ0) is 17.2. The standard InChI is InChI=1S/C18H35N5O/c1-2-23-12-6-9-16(23)14-22-18(19)21-11-10-20-17(24)13-15-7-4-3-5-8-15/h15-16H,2-14H2,1H3,(H,20,24)(H3,19,21,22). The molecular weight excluding hydrogens is 302 g/mol. The largest absolute Gasteiger partial charge is 0.370 e. The van der Waals surface area contributed by atoms with E-state index in [1.54, 1.807) is 0 Å². The minimum absolute atomic E-state index is 0.170. The molecule has 0 radical (unpaired) electrons. The van der Waals surface area contributed by atoms with Crippen LogP contribution in [0.25, 0.3) is 0 Å². The van der Waals surface area contributed by atoms with Gasteiger partial charge in [-0.05, 0) is 44.7 Å². The number of nitrogens with zero attached hydrogens (tertiary/aromatic N) is 2. The summed E-state index contributed by atoms with van der Waals surface area (Å²) in [6.45, 7) is 6.46. The lowest BCUT2D eigenvalue weighted by Gasteiger charge is -2.21. The van der Waals surface area contributed by atoms with E-state index in [9.17, 15) is 4.79 Å². The van der Waals surface area contributed by atoms with Gasteiger partial charge < -0.3 is 16.4 Å². The van der Waals surface area contributed by atoms with Crippen LogP contribution in [0.4, 0.5) is 0 Å². The average molecular weight is 338 g/mol. The van der Waals surface area contributed by atoms with Gasteiger partial charge in [0.25, 0.3) is 0 Å². The smallest absolute Gasteiger partial charge is 0.220 e. The summed E-state index contributed by atoms with van der Waals surface area (Å²) in [5, 5.41) is 6.07. The molecule has 138 valence electrons. The van der Waals surface area contributed by atoms with Crippen LogP contribution in [0.15, 0.2) is 4.99 Å². The molecule has 1 aliphatic heterocycles. The van der Waals surface area contributed by atoms with E-state index >= 15 is 0 Å². The van der Waals surface area contributed by atoms with Crippen LogP contribution in [0.5, 0.6) is 0 Å². The molecule has 4 N–H and O–H groups in total. The first-order valence-electron chi connectivity index (χ1n) is 9.73. The Hall–Kier alpha value is -1.30. The first kappa shape index (κ1) is 19.0. The number of amides is 1. The van der Waals surface area contributed by atoms with Crippen molar-refractivity contribution in [2.24, 2.45) is 16.6 Å². The number of hydrogen-bond acceptors (Lipinski definition) is 3. The number of rotatable bonds is 8. The van der Waals surface area contributed by atoms with E-state index in [1.165, 1.54) is 51.5 Å². The summed E-state index contributed by atoms with van der Waals surface area (Å²) in [5.41, 5.74) is 5.91. The third-order valence-corrected chi connectivity index (χ3v) is 5.33. The summed E-state index contributed by atoms with van der Waals surface area (Å²) in [7, 11) is 0. The number of hydrogen-bond donors (Lipinski definition) is 3. The molecule has 2 rings (SSSR count). The van der Waals surface area contributed by atoms with Crippen molar-refractivity contribution in [2.75, 3.05) is 32.7 Å². The van der Waals surface area contributed by atoms with E-state index in [-0.39, 0.29) is 5.91 Å². The van der Waals surface area contributed by atoms with Crippen molar-refractivity contribution in [3.8, 4) is 0 Å². The quantitative estimate of drug-likeness (QED) is 0.356. The van der Waals surface area contributed by atoms with Crippen LogP contribution in [0.3, 0.4) is 0 Å². The van der Waals surface area contributed by atoms with Gasteiger partial charge in [-0.3, -0.25) is 14.7 Å². The molecule has 0 aromatic rings. The van der Waals surface area contributed by atoms with Crippen molar-refractivity contribution in [3.05, 3.63) is 0 Å². The fourth-order valence-electron chi connectivity index (χ4n) is 3.90. The Labute approximate surface area is 146 Å². The van der Waals surface area contributed by atoms with Crippen molar-refractivity contribution in [1.29, 1.82) is 0 Å². The molecule has 1 atom stereocenters. The summed E-state index contributed by atoms with van der Waals surface area (Å²) >= 11 is 0. The molecule has 1 aliphatic carbocycles. The first-order valence-corrected chi connectivity index (χ1v) is 9.73. The lowest BCUT2D eigenvalue weighted by atomic mass is 9.87. The topological polar surface area (TPSA) is 82.8 Å². The van der Waals surface area contributed by atoms with Gasteiger partial charge in [-0.2, -0.15) is 0 Å². The fraction of sp³-hybridized carbons (Fsp3) is 0.889. The minimum atomic E-state index is 0.170. The highest BCUT2D eigenvalue weighted by atomic mass is 16.1. The highest BCUT2D eigenvalue weighted by molar-refractivity contribution is 5.78. The molecule has 24 heavy (non-hydrogen) atoms. The van der Waals surface area contributed by atoms with Crippen molar-refractivity contribution in [3.63, 3.8) is 0 Å². The number of likely N-dealkylation sites (N-methyl/N-ethyl adjacent to an activating group) is 1. The van der Waals surface area contributed by atoms with Gasteiger partial charge in [-0.1, -0.05) is 26.2 Å². The van der Waals surface area contributed by atoms with Gasteiger partial charge in [0.1, 0.15) is 0 Å². The summed E-state index contributed by atoms with van der Waals surface area (Å²) in [6, 6.07) is 0.533. The second kappa shape index (κ2) is 10.5. The Morgan fingerprint density at radius 1 is 1.12 bits per heavy atom. The minimum Gasteiger partial charge on any atom is -0.370 e. The summed E-state index contributed by atoms with van der Waals surface area (Å²) < 4.78 is 0. The van der Waals surface area contributed by atoms with E-state index < -0.39 is 0 Å². The third kappa shape index (κ3) is 6.67. The Kier molecular flexibility index (Phi) is 8.36. The van der Waals surface area contributed by atoms with Crippen LogP contribution in [-0.4, -0.2) is 55.5 Å². The van der Waals surface area contributed by atoms with Gasteiger partial charge in [-0.15, -0.1) is 0 Å². The normalized spacial score (nSPS) is 23.4. The maximum Gasteiger partial charge on any atom is 0.220 e. The third-order valence-electron chi connectivity index (χ3n) is 5.33. The lowest BCUT2D eigenvalue weighted by molar-refractivity contribution is -0.122. The predicted molar refractivity (Wildman–Crippen MR) is 99.0 cm³/mol. The monoisotopic (exact) mass is 337 g/mol. The molecule has 0 bridgehead atoms. The Balaban J connectivity index is 1.54. The number of nitrogens with two attached hydrogens (primary N) is 1. The molecule has 6 heteroatoms. The van der Waals surface area contributed by atoms with Gasteiger partial charge in [-0.25, -0.2) is 0 Å². The Morgan fingerprint density at radius 2 is 1.88 bits per heavy atom. The SMILES string of the molecule is CCN1CCCC1CN=C(N)NCCNC(=O)CC1CCCCC1. The highest BCUT2D eigenvalue weighted by Gasteiger charge is 2.22. The molecule has 6 nitrogen and oxygen atoms in total. The molecule has 0 spiro atoms. The second-order valence-corrected chi connectivity index (χ2v) is 7.14. The lowest BCUT2D eigenvalue weighted by Crippen LogP contribution is -2.40. The van der Waals surface area contributed by atoms with Gasteiger partial charge in [0, 0.05) is 25.6 Å². The van der Waals surface area contributed by atoms with E-state index in [2.05, 4.69) is 27.4 Å². The van der Waals surface area contributed by atoms with Crippen LogP contribution in [0.2, 0.25) is 0 Å². The molecule has 1 amide bonds. The molecule has 1 saturated heterocycles. The molecule has 1 heterocycles. The number of likely N-dealkylation sites (tertiary alicyclic amines) is 1. The number of nitrogens with one attached hydrogen (secondary N) is 2. The molecule has 0 aromatic carbocycles. The summed E-state index contributed by atoms with van der Waals surface area (Å²) in [5.74, 6) is 1.24. The summed E-state index contributed by atoms with van der Waals surface area (Å²) in [6.07, 6.45) is 9.46. The zero-order valence-corrected chi connectivity index (χ0v) is 15.2. The van der Waals surface area contributed by atoms with E-state index in [0.717, 1.165) is 13.1 Å². The number of guanidine groups is 1. The molecule has 2 aliphatic rings. The number of carbonyl (C=O) groups is 1. The number of carbonyl (C=O) groups excluding carboxylic acids is 1. The van der Waals surface area contributed by atoms with Gasteiger partial charge in [0.2, 0.25) is 5.91 Å². The molecular formula is C18H35N5O. The van der Waals surface area contributed by atoms with Gasteiger partial charge >= 0.3 is 0 Å². The number of aliphatic imine (C=N–C) groups is 1. The van der Waals surface area contributed by atoms with Crippen LogP contribution < -0.4 is 16.4 Å². The van der Waals surface area contributed by atoms with Crippen LogP contribution in [0.1, 0.15) is 58.3 Å². The van der Waals surface area contributed by atoms with Crippen molar-refractivity contribution < 1.29 is 4.79 Å². The highest BCUT2D eigenvalue weighted by Crippen LogP contribution is 2.25. The first-order chi connectivity index (χ1) is 11.7.